The highest BCUT2D eigenvalue weighted by Crippen LogP contribution is 2.26. The average Bonchev–Trinajstić information content (AvgIpc) is 2.38. The number of piperidine rings is 1. The smallest absolute Gasteiger partial charge is 0.228 e. The van der Waals surface area contributed by atoms with Gasteiger partial charge in [0.05, 0.1) is 6.10 Å². The van der Waals surface area contributed by atoms with E-state index in [9.17, 15) is 0 Å². The van der Waals surface area contributed by atoms with Gasteiger partial charge in [0.15, 0.2) is 0 Å². The van der Waals surface area contributed by atoms with Crippen LogP contribution in [0.15, 0.2) is 12.3 Å². The number of anilines is 1. The molecule has 1 fully saturated rings. The summed E-state index contributed by atoms with van der Waals surface area (Å²) in [5.74, 6) is 1.95. The van der Waals surface area contributed by atoms with Gasteiger partial charge in [-0.1, -0.05) is 6.92 Å². The maximum atomic E-state index is 5.91. The highest BCUT2D eigenvalue weighted by molar-refractivity contribution is 5.35. The van der Waals surface area contributed by atoms with E-state index in [4.69, 9.17) is 10.5 Å². The standard InChI is InChI=1S/C14H24N4O/c1-10(2)19-13-6-7-16-14(17-13)18-8-4-5-11(3)12(18)9-15/h6-7,10-12H,4-5,8-9,15H2,1-3H3. The number of rotatable bonds is 4. The maximum Gasteiger partial charge on any atom is 0.228 e. The molecule has 2 N–H and O–H groups in total. The second-order valence-electron chi connectivity index (χ2n) is 5.48. The third kappa shape index (κ3) is 3.35. The summed E-state index contributed by atoms with van der Waals surface area (Å²) < 4.78 is 5.63. The Morgan fingerprint density at radius 3 is 3.00 bits per heavy atom. The van der Waals surface area contributed by atoms with Crippen molar-refractivity contribution in [3.63, 3.8) is 0 Å². The highest BCUT2D eigenvalue weighted by atomic mass is 16.5. The summed E-state index contributed by atoms with van der Waals surface area (Å²) in [6.45, 7) is 7.84. The molecule has 1 aliphatic heterocycles. The normalized spacial score (nSPS) is 23.7. The van der Waals surface area contributed by atoms with Gasteiger partial charge in [0.1, 0.15) is 0 Å². The van der Waals surface area contributed by atoms with E-state index in [1.165, 1.54) is 6.42 Å². The van der Waals surface area contributed by atoms with Crippen LogP contribution in [0.1, 0.15) is 33.6 Å². The second kappa shape index (κ2) is 6.19. The van der Waals surface area contributed by atoms with E-state index in [1.54, 1.807) is 12.3 Å². The van der Waals surface area contributed by atoms with E-state index in [1.807, 2.05) is 13.8 Å². The quantitative estimate of drug-likeness (QED) is 0.898. The molecule has 1 aromatic heterocycles. The average molecular weight is 264 g/mol. The van der Waals surface area contributed by atoms with Crippen molar-refractivity contribution in [2.45, 2.75) is 45.8 Å². The second-order valence-corrected chi connectivity index (χ2v) is 5.48. The van der Waals surface area contributed by atoms with Gasteiger partial charge in [-0.3, -0.25) is 0 Å². The van der Waals surface area contributed by atoms with Gasteiger partial charge < -0.3 is 15.4 Å². The molecule has 0 amide bonds. The minimum atomic E-state index is 0.119. The van der Waals surface area contributed by atoms with Gasteiger partial charge in [0.25, 0.3) is 0 Å². The third-order valence-corrected chi connectivity index (χ3v) is 3.59. The van der Waals surface area contributed by atoms with Crippen molar-refractivity contribution in [1.29, 1.82) is 0 Å². The van der Waals surface area contributed by atoms with Gasteiger partial charge in [-0.25, -0.2) is 4.98 Å². The van der Waals surface area contributed by atoms with Crippen molar-refractivity contribution in [3.8, 4) is 5.88 Å². The van der Waals surface area contributed by atoms with E-state index >= 15 is 0 Å². The molecule has 0 saturated carbocycles. The van der Waals surface area contributed by atoms with Crippen LogP contribution in [-0.2, 0) is 0 Å². The Bertz CT molecular complexity index is 410. The van der Waals surface area contributed by atoms with Gasteiger partial charge >= 0.3 is 0 Å². The molecular weight excluding hydrogens is 240 g/mol. The first-order chi connectivity index (χ1) is 9.11. The molecule has 0 radical (unpaired) electrons. The maximum absolute atomic E-state index is 5.91. The lowest BCUT2D eigenvalue weighted by Crippen LogP contribution is -2.49. The molecule has 2 rings (SSSR count). The first-order valence-corrected chi connectivity index (χ1v) is 7.08. The summed E-state index contributed by atoms with van der Waals surface area (Å²) in [6, 6.07) is 2.12. The Kier molecular flexibility index (Phi) is 4.58. The number of hydrogen-bond donors (Lipinski definition) is 1. The van der Waals surface area contributed by atoms with Crippen molar-refractivity contribution >= 4 is 5.95 Å². The van der Waals surface area contributed by atoms with Crippen LogP contribution < -0.4 is 15.4 Å². The van der Waals surface area contributed by atoms with Crippen molar-refractivity contribution < 1.29 is 4.74 Å². The van der Waals surface area contributed by atoms with Crippen LogP contribution in [0.2, 0.25) is 0 Å². The lowest BCUT2D eigenvalue weighted by molar-refractivity contribution is 0.232. The van der Waals surface area contributed by atoms with Crippen LogP contribution in [0.3, 0.4) is 0 Å². The predicted octanol–water partition coefficient (Wildman–Crippen LogP) is 1.83. The summed E-state index contributed by atoms with van der Waals surface area (Å²) in [4.78, 5) is 11.1. The monoisotopic (exact) mass is 264 g/mol. The van der Waals surface area contributed by atoms with E-state index in [0.29, 0.717) is 24.4 Å². The molecule has 19 heavy (non-hydrogen) atoms. The Labute approximate surface area is 115 Å². The summed E-state index contributed by atoms with van der Waals surface area (Å²) >= 11 is 0. The van der Waals surface area contributed by atoms with Gasteiger partial charge in [-0.15, -0.1) is 0 Å². The van der Waals surface area contributed by atoms with E-state index in [0.717, 1.165) is 18.9 Å². The molecule has 1 aromatic rings. The van der Waals surface area contributed by atoms with Crippen molar-refractivity contribution in [2.75, 3.05) is 18.0 Å². The topological polar surface area (TPSA) is 64.3 Å². The van der Waals surface area contributed by atoms with Crippen LogP contribution >= 0.6 is 0 Å². The molecular formula is C14H24N4O. The fourth-order valence-electron chi connectivity index (χ4n) is 2.63. The van der Waals surface area contributed by atoms with Gasteiger partial charge in [-0.2, -0.15) is 4.98 Å². The Balaban J connectivity index is 2.19. The van der Waals surface area contributed by atoms with E-state index in [2.05, 4.69) is 21.8 Å². The van der Waals surface area contributed by atoms with E-state index < -0.39 is 0 Å². The first kappa shape index (κ1) is 14.1. The van der Waals surface area contributed by atoms with Crippen LogP contribution in [0.4, 0.5) is 5.95 Å². The van der Waals surface area contributed by atoms with Gasteiger partial charge in [0.2, 0.25) is 11.8 Å². The Morgan fingerprint density at radius 2 is 2.32 bits per heavy atom. The largest absolute Gasteiger partial charge is 0.475 e. The number of aromatic nitrogens is 2. The fourth-order valence-corrected chi connectivity index (χ4v) is 2.63. The van der Waals surface area contributed by atoms with Crippen molar-refractivity contribution in [2.24, 2.45) is 11.7 Å². The number of hydrogen-bond acceptors (Lipinski definition) is 5. The Hall–Kier alpha value is -1.36. The van der Waals surface area contributed by atoms with Crippen LogP contribution in [0.5, 0.6) is 5.88 Å². The molecule has 2 unspecified atom stereocenters. The molecule has 2 atom stereocenters. The van der Waals surface area contributed by atoms with Gasteiger partial charge in [0, 0.05) is 31.4 Å². The lowest BCUT2D eigenvalue weighted by Gasteiger charge is -2.39. The molecule has 5 heteroatoms. The Morgan fingerprint density at radius 1 is 1.53 bits per heavy atom. The SMILES string of the molecule is CC(C)Oc1ccnc(N2CCCC(C)C2CN)n1. The summed E-state index contributed by atoms with van der Waals surface area (Å²) in [5.41, 5.74) is 5.91. The summed E-state index contributed by atoms with van der Waals surface area (Å²) in [7, 11) is 0. The zero-order valence-electron chi connectivity index (χ0n) is 12.0. The summed E-state index contributed by atoms with van der Waals surface area (Å²) in [5, 5.41) is 0. The fraction of sp³-hybridized carbons (Fsp3) is 0.714. The zero-order chi connectivity index (χ0) is 13.8. The molecule has 5 nitrogen and oxygen atoms in total. The minimum Gasteiger partial charge on any atom is -0.475 e. The molecule has 0 spiro atoms. The molecule has 106 valence electrons. The molecule has 0 bridgehead atoms. The molecule has 0 aliphatic carbocycles. The highest BCUT2D eigenvalue weighted by Gasteiger charge is 2.29. The molecule has 1 aliphatic rings. The third-order valence-electron chi connectivity index (χ3n) is 3.59. The van der Waals surface area contributed by atoms with Crippen LogP contribution in [0.25, 0.3) is 0 Å². The number of ether oxygens (including phenoxy) is 1. The zero-order valence-corrected chi connectivity index (χ0v) is 12.0. The first-order valence-electron chi connectivity index (χ1n) is 7.08. The predicted molar refractivity (Wildman–Crippen MR) is 76.4 cm³/mol. The van der Waals surface area contributed by atoms with Crippen molar-refractivity contribution in [3.05, 3.63) is 12.3 Å². The van der Waals surface area contributed by atoms with Crippen LogP contribution in [-0.4, -0.2) is 35.2 Å². The van der Waals surface area contributed by atoms with E-state index in [-0.39, 0.29) is 6.10 Å². The number of nitrogens with zero attached hydrogens (tertiary/aromatic N) is 3. The van der Waals surface area contributed by atoms with Crippen LogP contribution in [0, 0.1) is 5.92 Å². The summed E-state index contributed by atoms with van der Waals surface area (Å²) in [6.07, 6.45) is 4.26. The number of nitrogens with two attached hydrogens (primary N) is 1. The van der Waals surface area contributed by atoms with Gasteiger partial charge in [-0.05, 0) is 32.6 Å². The molecule has 1 saturated heterocycles. The lowest BCUT2D eigenvalue weighted by atomic mass is 9.91. The minimum absolute atomic E-state index is 0.119. The van der Waals surface area contributed by atoms with Crippen molar-refractivity contribution in [1.82, 2.24) is 9.97 Å². The molecule has 2 heterocycles. The molecule has 0 aromatic carbocycles.